The predicted molar refractivity (Wildman–Crippen MR) is 62.0 cm³/mol. The number of phenolic OH excluding ortho intramolecular Hbond substituents is 1. The van der Waals surface area contributed by atoms with Gasteiger partial charge in [-0.3, -0.25) is 0 Å². The summed E-state index contributed by atoms with van der Waals surface area (Å²) in [6.45, 7) is 1.91. The third kappa shape index (κ3) is 1.50. The van der Waals surface area contributed by atoms with Crippen LogP contribution in [0.2, 0.25) is 0 Å². The molecule has 0 aliphatic heterocycles. The van der Waals surface area contributed by atoms with Gasteiger partial charge in [0.15, 0.2) is 0 Å². The molecule has 0 fully saturated rings. The highest BCUT2D eigenvalue weighted by Crippen LogP contribution is 2.29. The fourth-order valence-corrected chi connectivity index (χ4v) is 1.98. The highest BCUT2D eigenvalue weighted by atomic mass is 16.4. The number of aryl methyl sites for hydroxylation is 1. The van der Waals surface area contributed by atoms with Crippen LogP contribution in [0.25, 0.3) is 10.8 Å². The topological polar surface area (TPSA) is 57.5 Å². The van der Waals surface area contributed by atoms with Crippen molar-refractivity contribution in [2.45, 2.75) is 13.3 Å². The van der Waals surface area contributed by atoms with Crippen molar-refractivity contribution in [2.75, 3.05) is 0 Å². The van der Waals surface area contributed by atoms with E-state index in [1.165, 1.54) is 0 Å². The van der Waals surface area contributed by atoms with Crippen LogP contribution in [-0.2, 0) is 6.42 Å². The summed E-state index contributed by atoms with van der Waals surface area (Å²) in [6, 6.07) is 8.35. The van der Waals surface area contributed by atoms with Gasteiger partial charge in [0, 0.05) is 5.39 Å². The second kappa shape index (κ2) is 3.85. The molecule has 0 saturated carbocycles. The van der Waals surface area contributed by atoms with Crippen molar-refractivity contribution < 1.29 is 15.0 Å². The summed E-state index contributed by atoms with van der Waals surface area (Å²) in [5.74, 6) is -0.744. The Morgan fingerprint density at radius 3 is 2.56 bits per heavy atom. The number of benzene rings is 2. The molecule has 0 spiro atoms. The van der Waals surface area contributed by atoms with Crippen LogP contribution in [0.5, 0.6) is 5.75 Å². The van der Waals surface area contributed by atoms with Crippen molar-refractivity contribution in [3.8, 4) is 5.75 Å². The number of rotatable bonds is 2. The van der Waals surface area contributed by atoms with E-state index in [9.17, 15) is 9.90 Å². The summed E-state index contributed by atoms with van der Waals surface area (Å²) in [5, 5.41) is 20.2. The van der Waals surface area contributed by atoms with E-state index in [0.29, 0.717) is 17.4 Å². The number of aromatic hydroxyl groups is 1. The second-order valence-corrected chi connectivity index (χ2v) is 3.62. The maximum absolute atomic E-state index is 11.0. The SMILES string of the molecule is CCc1c(C(=O)O)ccc2c(O)cccc12. The zero-order chi connectivity index (χ0) is 11.7. The van der Waals surface area contributed by atoms with Crippen molar-refractivity contribution in [1.29, 1.82) is 0 Å². The minimum absolute atomic E-state index is 0.184. The molecule has 2 aromatic carbocycles. The smallest absolute Gasteiger partial charge is 0.335 e. The molecule has 3 nitrogen and oxygen atoms in total. The summed E-state index contributed by atoms with van der Waals surface area (Å²) in [4.78, 5) is 11.0. The second-order valence-electron chi connectivity index (χ2n) is 3.62. The standard InChI is InChI=1S/C13H12O3/c1-2-8-9-4-3-5-12(14)10(9)6-7-11(8)13(15)16/h3-7,14H,2H2,1H3,(H,15,16). The van der Waals surface area contributed by atoms with E-state index in [4.69, 9.17) is 5.11 Å². The minimum Gasteiger partial charge on any atom is -0.507 e. The van der Waals surface area contributed by atoms with Gasteiger partial charge in [0.1, 0.15) is 5.75 Å². The Morgan fingerprint density at radius 2 is 1.94 bits per heavy atom. The number of hydrogen-bond acceptors (Lipinski definition) is 2. The van der Waals surface area contributed by atoms with Crippen LogP contribution in [0.15, 0.2) is 30.3 Å². The lowest BCUT2D eigenvalue weighted by Crippen LogP contribution is -2.02. The summed E-state index contributed by atoms with van der Waals surface area (Å²) >= 11 is 0. The van der Waals surface area contributed by atoms with Gasteiger partial charge in [-0.05, 0) is 35.6 Å². The molecule has 0 atom stereocenters. The van der Waals surface area contributed by atoms with E-state index in [1.807, 2.05) is 13.0 Å². The molecule has 0 saturated heterocycles. The largest absolute Gasteiger partial charge is 0.507 e. The first-order valence-electron chi connectivity index (χ1n) is 5.12. The molecule has 0 unspecified atom stereocenters. The van der Waals surface area contributed by atoms with Crippen molar-refractivity contribution >= 4 is 16.7 Å². The lowest BCUT2D eigenvalue weighted by molar-refractivity contribution is 0.0696. The normalized spacial score (nSPS) is 10.6. The Hall–Kier alpha value is -2.03. The number of phenols is 1. The summed E-state index contributed by atoms with van der Waals surface area (Å²) in [6.07, 6.45) is 0.627. The lowest BCUT2D eigenvalue weighted by atomic mass is 9.97. The number of aromatic carboxylic acids is 1. The van der Waals surface area contributed by atoms with Crippen LogP contribution in [0, 0.1) is 0 Å². The molecule has 2 aromatic rings. The fourth-order valence-electron chi connectivity index (χ4n) is 1.98. The van der Waals surface area contributed by atoms with E-state index >= 15 is 0 Å². The zero-order valence-corrected chi connectivity index (χ0v) is 8.90. The van der Waals surface area contributed by atoms with Crippen LogP contribution in [-0.4, -0.2) is 16.2 Å². The molecule has 2 rings (SSSR count). The molecule has 2 N–H and O–H groups in total. The van der Waals surface area contributed by atoms with Crippen LogP contribution in [0.1, 0.15) is 22.8 Å². The quantitative estimate of drug-likeness (QED) is 0.811. The number of fused-ring (bicyclic) bond motifs is 1. The molecule has 82 valence electrons. The number of carboxylic acid groups (broad SMARTS) is 1. The molecular weight excluding hydrogens is 204 g/mol. The molecule has 0 aliphatic carbocycles. The third-order valence-electron chi connectivity index (χ3n) is 2.73. The van der Waals surface area contributed by atoms with E-state index in [-0.39, 0.29) is 5.75 Å². The Kier molecular flexibility index (Phi) is 2.52. The maximum atomic E-state index is 11.0. The first-order chi connectivity index (χ1) is 7.65. The number of hydrogen-bond donors (Lipinski definition) is 2. The highest BCUT2D eigenvalue weighted by Gasteiger charge is 2.12. The fraction of sp³-hybridized carbons (Fsp3) is 0.154. The summed E-state index contributed by atoms with van der Waals surface area (Å²) in [7, 11) is 0. The van der Waals surface area contributed by atoms with E-state index in [1.54, 1.807) is 24.3 Å². The molecule has 0 aliphatic rings. The highest BCUT2D eigenvalue weighted by molar-refractivity contribution is 5.99. The first-order valence-corrected chi connectivity index (χ1v) is 5.12. The molecule has 0 heterocycles. The minimum atomic E-state index is -0.929. The summed E-state index contributed by atoms with van der Waals surface area (Å²) in [5.41, 5.74) is 1.07. The molecular formula is C13H12O3. The molecule has 0 amide bonds. The summed E-state index contributed by atoms with van der Waals surface area (Å²) < 4.78 is 0. The molecule has 16 heavy (non-hydrogen) atoms. The molecule has 0 bridgehead atoms. The van der Waals surface area contributed by atoms with Gasteiger partial charge in [-0.2, -0.15) is 0 Å². The predicted octanol–water partition coefficient (Wildman–Crippen LogP) is 2.81. The van der Waals surface area contributed by atoms with Gasteiger partial charge < -0.3 is 10.2 Å². The Bertz CT molecular complexity index is 558. The van der Waals surface area contributed by atoms with Crippen molar-refractivity contribution in [3.05, 3.63) is 41.5 Å². The Morgan fingerprint density at radius 1 is 1.19 bits per heavy atom. The van der Waals surface area contributed by atoms with E-state index < -0.39 is 5.97 Å². The van der Waals surface area contributed by atoms with Gasteiger partial charge in [0.05, 0.1) is 5.56 Å². The van der Waals surface area contributed by atoms with E-state index in [0.717, 1.165) is 10.9 Å². The molecule has 0 aromatic heterocycles. The monoisotopic (exact) mass is 216 g/mol. The zero-order valence-electron chi connectivity index (χ0n) is 8.90. The van der Waals surface area contributed by atoms with Gasteiger partial charge in [-0.25, -0.2) is 4.79 Å². The van der Waals surface area contributed by atoms with Gasteiger partial charge in [-0.15, -0.1) is 0 Å². The average molecular weight is 216 g/mol. The lowest BCUT2D eigenvalue weighted by Gasteiger charge is -2.09. The number of carbonyl (C=O) groups is 1. The Balaban J connectivity index is 2.86. The van der Waals surface area contributed by atoms with Gasteiger partial charge >= 0.3 is 5.97 Å². The molecule has 0 radical (unpaired) electrons. The number of carboxylic acids is 1. The van der Waals surface area contributed by atoms with Gasteiger partial charge in [0.25, 0.3) is 0 Å². The van der Waals surface area contributed by atoms with Crippen LogP contribution < -0.4 is 0 Å². The van der Waals surface area contributed by atoms with Gasteiger partial charge in [-0.1, -0.05) is 19.1 Å². The van der Waals surface area contributed by atoms with Crippen LogP contribution in [0.3, 0.4) is 0 Å². The van der Waals surface area contributed by atoms with Crippen LogP contribution >= 0.6 is 0 Å². The van der Waals surface area contributed by atoms with E-state index in [2.05, 4.69) is 0 Å². The van der Waals surface area contributed by atoms with Crippen molar-refractivity contribution in [1.82, 2.24) is 0 Å². The van der Waals surface area contributed by atoms with Crippen LogP contribution in [0.4, 0.5) is 0 Å². The van der Waals surface area contributed by atoms with Crippen molar-refractivity contribution in [3.63, 3.8) is 0 Å². The average Bonchev–Trinajstić information content (AvgIpc) is 2.27. The van der Waals surface area contributed by atoms with Crippen molar-refractivity contribution in [2.24, 2.45) is 0 Å². The maximum Gasteiger partial charge on any atom is 0.335 e. The third-order valence-corrected chi connectivity index (χ3v) is 2.73. The Labute approximate surface area is 93.0 Å². The first kappa shape index (κ1) is 10.5. The van der Waals surface area contributed by atoms with Gasteiger partial charge in [0.2, 0.25) is 0 Å². The molecule has 3 heteroatoms.